The van der Waals surface area contributed by atoms with Crippen LogP contribution in [0.1, 0.15) is 12.8 Å². The molecule has 0 aromatic carbocycles. The van der Waals surface area contributed by atoms with Gasteiger partial charge in [-0.1, -0.05) is 0 Å². The van der Waals surface area contributed by atoms with Gasteiger partial charge in [-0.2, -0.15) is 0 Å². The van der Waals surface area contributed by atoms with Crippen molar-refractivity contribution in [3.8, 4) is 0 Å². The number of halogens is 2. The van der Waals surface area contributed by atoms with Gasteiger partial charge in [0.2, 0.25) is 5.92 Å². The summed E-state index contributed by atoms with van der Waals surface area (Å²) in [5.41, 5.74) is 0. The number of alkyl halides is 2. The van der Waals surface area contributed by atoms with Crippen molar-refractivity contribution in [2.24, 2.45) is 5.92 Å². The minimum Gasteiger partial charge on any atom is -0.394 e. The van der Waals surface area contributed by atoms with Gasteiger partial charge < -0.3 is 10.2 Å². The van der Waals surface area contributed by atoms with E-state index in [1.165, 1.54) is 0 Å². The lowest BCUT2D eigenvalue weighted by molar-refractivity contribution is -0.147. The average molecular weight is 152 g/mol. The van der Waals surface area contributed by atoms with Gasteiger partial charge in [0.1, 0.15) is 0 Å². The van der Waals surface area contributed by atoms with Gasteiger partial charge in [0.15, 0.2) is 0 Å². The van der Waals surface area contributed by atoms with Crippen LogP contribution in [0.4, 0.5) is 8.78 Å². The van der Waals surface area contributed by atoms with Crippen LogP contribution in [-0.2, 0) is 0 Å². The number of aliphatic hydroxyl groups excluding tert-OH is 2. The third-order valence-electron chi connectivity index (χ3n) is 1.85. The normalized spacial score (nSPS) is 27.6. The van der Waals surface area contributed by atoms with Gasteiger partial charge in [0, 0.05) is 12.8 Å². The van der Waals surface area contributed by atoms with Crippen LogP contribution in [-0.4, -0.2) is 28.8 Å². The molecule has 0 radical (unpaired) electrons. The van der Waals surface area contributed by atoms with Crippen LogP contribution >= 0.6 is 0 Å². The second kappa shape index (κ2) is 2.43. The highest BCUT2D eigenvalue weighted by Gasteiger charge is 2.47. The molecule has 1 aliphatic rings. The monoisotopic (exact) mass is 152 g/mol. The van der Waals surface area contributed by atoms with Crippen molar-refractivity contribution < 1.29 is 19.0 Å². The molecular formula is C6H10F2O2. The summed E-state index contributed by atoms with van der Waals surface area (Å²) in [6.07, 6.45) is -1.52. The maximum Gasteiger partial charge on any atom is 0.248 e. The molecule has 1 aliphatic carbocycles. The Labute approximate surface area is 57.5 Å². The molecule has 60 valence electrons. The van der Waals surface area contributed by atoms with Gasteiger partial charge in [-0.05, 0) is 5.92 Å². The van der Waals surface area contributed by atoms with Crippen LogP contribution in [0.15, 0.2) is 0 Å². The van der Waals surface area contributed by atoms with Crippen molar-refractivity contribution in [3.05, 3.63) is 0 Å². The molecule has 0 spiro atoms. The number of aliphatic hydroxyl groups is 2. The van der Waals surface area contributed by atoms with Crippen molar-refractivity contribution >= 4 is 0 Å². The topological polar surface area (TPSA) is 40.5 Å². The predicted molar refractivity (Wildman–Crippen MR) is 30.8 cm³/mol. The van der Waals surface area contributed by atoms with E-state index in [2.05, 4.69) is 0 Å². The highest BCUT2D eigenvalue weighted by Crippen LogP contribution is 2.43. The Hall–Kier alpha value is -0.220. The van der Waals surface area contributed by atoms with Crippen molar-refractivity contribution in [3.63, 3.8) is 0 Å². The van der Waals surface area contributed by atoms with Gasteiger partial charge in [0.25, 0.3) is 0 Å². The van der Waals surface area contributed by atoms with Crippen molar-refractivity contribution in [1.29, 1.82) is 0 Å². The first-order valence-electron chi connectivity index (χ1n) is 3.22. The summed E-state index contributed by atoms with van der Waals surface area (Å²) in [4.78, 5) is 0. The summed E-state index contributed by atoms with van der Waals surface area (Å²) < 4.78 is 24.2. The molecule has 0 heterocycles. The van der Waals surface area contributed by atoms with E-state index in [-0.39, 0.29) is 12.8 Å². The first kappa shape index (κ1) is 7.88. The van der Waals surface area contributed by atoms with Crippen LogP contribution < -0.4 is 0 Å². The molecule has 0 aliphatic heterocycles. The van der Waals surface area contributed by atoms with Crippen LogP contribution in [0.25, 0.3) is 0 Å². The highest BCUT2D eigenvalue weighted by atomic mass is 19.3. The van der Waals surface area contributed by atoms with Gasteiger partial charge in [-0.15, -0.1) is 0 Å². The van der Waals surface area contributed by atoms with E-state index in [1.807, 2.05) is 0 Å². The summed E-state index contributed by atoms with van der Waals surface area (Å²) in [6.45, 7) is -0.416. The molecule has 1 fully saturated rings. The molecule has 1 saturated carbocycles. The molecule has 1 unspecified atom stereocenters. The standard InChI is InChI=1S/C6H10F2O2/c7-6(8)1-4(2-6)5(10)3-9/h4-5,9-10H,1-3H2. The second-order valence-electron chi connectivity index (χ2n) is 2.77. The third kappa shape index (κ3) is 1.44. The van der Waals surface area contributed by atoms with Crippen molar-refractivity contribution in [1.82, 2.24) is 0 Å². The molecule has 2 N–H and O–H groups in total. The summed E-state index contributed by atoms with van der Waals surface area (Å²) >= 11 is 0. The lowest BCUT2D eigenvalue weighted by Crippen LogP contribution is -2.43. The van der Waals surface area contributed by atoms with E-state index >= 15 is 0 Å². The number of rotatable bonds is 2. The molecule has 10 heavy (non-hydrogen) atoms. The Bertz CT molecular complexity index is 119. The Morgan fingerprint density at radius 3 is 2.30 bits per heavy atom. The molecule has 0 aromatic rings. The fraction of sp³-hybridized carbons (Fsp3) is 1.00. The summed E-state index contributed by atoms with van der Waals surface area (Å²) in [6, 6.07) is 0. The molecular weight excluding hydrogens is 142 g/mol. The molecule has 1 rings (SSSR count). The van der Waals surface area contributed by atoms with Crippen LogP contribution in [0.3, 0.4) is 0 Å². The van der Waals surface area contributed by atoms with E-state index in [1.54, 1.807) is 0 Å². The molecule has 0 bridgehead atoms. The van der Waals surface area contributed by atoms with E-state index < -0.39 is 24.6 Å². The average Bonchev–Trinajstić information content (AvgIpc) is 1.81. The minimum atomic E-state index is -2.60. The smallest absolute Gasteiger partial charge is 0.248 e. The Balaban J connectivity index is 2.26. The second-order valence-corrected chi connectivity index (χ2v) is 2.77. The molecule has 0 aromatic heterocycles. The van der Waals surface area contributed by atoms with E-state index in [0.717, 1.165) is 0 Å². The number of hydrogen-bond donors (Lipinski definition) is 2. The highest BCUT2D eigenvalue weighted by molar-refractivity contribution is 4.89. The Kier molecular flexibility index (Phi) is 1.92. The zero-order valence-electron chi connectivity index (χ0n) is 5.43. The van der Waals surface area contributed by atoms with E-state index in [4.69, 9.17) is 10.2 Å². The maximum absolute atomic E-state index is 12.1. The fourth-order valence-corrected chi connectivity index (χ4v) is 1.13. The Morgan fingerprint density at radius 1 is 1.50 bits per heavy atom. The minimum absolute atomic E-state index is 0.283. The SMILES string of the molecule is OCC(O)C1CC(F)(F)C1. The lowest BCUT2D eigenvalue weighted by Gasteiger charge is -2.37. The van der Waals surface area contributed by atoms with Crippen LogP contribution in [0.5, 0.6) is 0 Å². The fourth-order valence-electron chi connectivity index (χ4n) is 1.13. The molecule has 4 heteroatoms. The van der Waals surface area contributed by atoms with Gasteiger partial charge in [0.05, 0.1) is 12.7 Å². The summed E-state index contributed by atoms with van der Waals surface area (Å²) in [5, 5.41) is 17.2. The molecule has 0 amide bonds. The van der Waals surface area contributed by atoms with Crippen molar-refractivity contribution in [2.75, 3.05) is 6.61 Å². The van der Waals surface area contributed by atoms with Gasteiger partial charge in [-0.25, -0.2) is 8.78 Å². The summed E-state index contributed by atoms with van der Waals surface area (Å²) in [5.74, 6) is -3.00. The lowest BCUT2D eigenvalue weighted by atomic mass is 9.78. The molecule has 2 nitrogen and oxygen atoms in total. The third-order valence-corrected chi connectivity index (χ3v) is 1.85. The molecule has 0 saturated heterocycles. The van der Waals surface area contributed by atoms with E-state index in [9.17, 15) is 8.78 Å². The quantitative estimate of drug-likeness (QED) is 0.600. The van der Waals surface area contributed by atoms with Crippen molar-refractivity contribution in [2.45, 2.75) is 24.9 Å². The van der Waals surface area contributed by atoms with Crippen LogP contribution in [0.2, 0.25) is 0 Å². The van der Waals surface area contributed by atoms with Crippen LogP contribution in [0, 0.1) is 5.92 Å². The predicted octanol–water partition coefficient (Wildman–Crippen LogP) is 0.385. The zero-order chi connectivity index (χ0) is 7.78. The first-order chi connectivity index (χ1) is 4.55. The number of hydrogen-bond acceptors (Lipinski definition) is 2. The Morgan fingerprint density at radius 2 is 2.00 bits per heavy atom. The first-order valence-corrected chi connectivity index (χ1v) is 3.22. The summed E-state index contributed by atoms with van der Waals surface area (Å²) in [7, 11) is 0. The van der Waals surface area contributed by atoms with Gasteiger partial charge in [-0.3, -0.25) is 0 Å². The maximum atomic E-state index is 12.1. The largest absolute Gasteiger partial charge is 0.394 e. The van der Waals surface area contributed by atoms with E-state index in [0.29, 0.717) is 0 Å². The zero-order valence-corrected chi connectivity index (χ0v) is 5.43. The molecule has 1 atom stereocenters. The van der Waals surface area contributed by atoms with Gasteiger partial charge >= 0.3 is 0 Å².